The number of ether oxygens (including phenoxy) is 1. The summed E-state index contributed by atoms with van der Waals surface area (Å²) in [5, 5.41) is 16.3. The van der Waals surface area contributed by atoms with Gasteiger partial charge in [0.05, 0.1) is 18.6 Å². The van der Waals surface area contributed by atoms with Gasteiger partial charge in [0.25, 0.3) is 11.6 Å². The number of hydrogen-bond donors (Lipinski definition) is 2. The molecule has 0 aromatic heterocycles. The van der Waals surface area contributed by atoms with Crippen LogP contribution in [0.2, 0.25) is 0 Å². The van der Waals surface area contributed by atoms with Gasteiger partial charge >= 0.3 is 0 Å². The summed E-state index contributed by atoms with van der Waals surface area (Å²) in [5.74, 6) is -0.702. The van der Waals surface area contributed by atoms with E-state index in [4.69, 9.17) is 4.74 Å². The Kier molecular flexibility index (Phi) is 7.04. The molecule has 32 heavy (non-hydrogen) atoms. The lowest BCUT2D eigenvalue weighted by molar-refractivity contribution is -0.385. The molecule has 0 radical (unpaired) electrons. The average Bonchev–Trinajstić information content (AvgIpc) is 3.61. The maximum Gasteiger partial charge on any atom is 0.273 e. The van der Waals surface area contributed by atoms with E-state index < -0.39 is 22.6 Å². The number of nitro benzene ring substituents is 1. The van der Waals surface area contributed by atoms with E-state index >= 15 is 0 Å². The number of anilines is 1. The molecule has 0 aliphatic heterocycles. The van der Waals surface area contributed by atoms with E-state index in [9.17, 15) is 24.5 Å². The lowest BCUT2D eigenvalue weighted by Crippen LogP contribution is -2.43. The summed E-state index contributed by atoms with van der Waals surface area (Å²) in [4.78, 5) is 49.4. The third kappa shape index (κ3) is 5.81. The summed E-state index contributed by atoms with van der Waals surface area (Å²) in [5.41, 5.74) is 1.01. The van der Waals surface area contributed by atoms with Gasteiger partial charge in [-0.25, -0.2) is 0 Å². The minimum atomic E-state index is -0.540. The molecule has 3 amide bonds. The Morgan fingerprint density at radius 3 is 2.41 bits per heavy atom. The fraction of sp³-hybridized carbons (Fsp3) is 0.318. The number of benzene rings is 2. The topological polar surface area (TPSA) is 131 Å². The van der Waals surface area contributed by atoms with Crippen LogP contribution in [0.15, 0.2) is 42.5 Å². The number of nitrogens with zero attached hydrogens (tertiary/aromatic N) is 2. The third-order valence-electron chi connectivity index (χ3n) is 5.04. The molecule has 0 heterocycles. The quantitative estimate of drug-likeness (QED) is 0.454. The van der Waals surface area contributed by atoms with Crippen LogP contribution < -0.4 is 15.4 Å². The van der Waals surface area contributed by atoms with Crippen molar-refractivity contribution in [3.05, 3.63) is 63.7 Å². The number of carbonyl (C=O) groups excluding carboxylic acids is 3. The first-order chi connectivity index (χ1) is 15.3. The smallest absolute Gasteiger partial charge is 0.273 e. The zero-order chi connectivity index (χ0) is 23.3. The van der Waals surface area contributed by atoms with E-state index in [-0.39, 0.29) is 30.4 Å². The number of nitro groups is 1. The molecule has 1 aliphatic rings. The minimum Gasteiger partial charge on any atom is -0.497 e. The molecule has 1 saturated carbocycles. The summed E-state index contributed by atoms with van der Waals surface area (Å²) in [6, 6.07) is 10.9. The predicted octanol–water partition coefficient (Wildman–Crippen LogP) is 2.27. The van der Waals surface area contributed by atoms with Gasteiger partial charge in [-0.1, -0.05) is 6.07 Å². The summed E-state index contributed by atoms with van der Waals surface area (Å²) in [6.07, 6.45) is 1.51. The molecule has 168 valence electrons. The van der Waals surface area contributed by atoms with Crippen LogP contribution in [0, 0.1) is 17.0 Å². The van der Waals surface area contributed by atoms with Gasteiger partial charge in [0.1, 0.15) is 12.3 Å². The number of rotatable bonds is 9. The Morgan fingerprint density at radius 2 is 1.81 bits per heavy atom. The highest BCUT2D eigenvalue weighted by atomic mass is 16.6. The highest BCUT2D eigenvalue weighted by Crippen LogP contribution is 2.29. The van der Waals surface area contributed by atoms with Crippen molar-refractivity contribution >= 4 is 29.1 Å². The second kappa shape index (κ2) is 9.90. The average molecular weight is 440 g/mol. The molecule has 1 fully saturated rings. The number of amides is 3. The van der Waals surface area contributed by atoms with Gasteiger partial charge in [-0.2, -0.15) is 0 Å². The molecule has 10 nitrogen and oxygen atoms in total. The molecule has 0 spiro atoms. The lowest BCUT2D eigenvalue weighted by atomic mass is 10.1. The zero-order valence-electron chi connectivity index (χ0n) is 17.8. The number of aryl methyl sites for hydroxylation is 1. The van der Waals surface area contributed by atoms with E-state index in [1.807, 2.05) is 0 Å². The molecule has 2 aromatic rings. The van der Waals surface area contributed by atoms with Gasteiger partial charge in [-0.3, -0.25) is 24.5 Å². The Bertz CT molecular complexity index is 1030. The van der Waals surface area contributed by atoms with Gasteiger partial charge in [0.15, 0.2) is 0 Å². The van der Waals surface area contributed by atoms with Crippen molar-refractivity contribution in [1.82, 2.24) is 10.2 Å². The highest BCUT2D eigenvalue weighted by molar-refractivity contribution is 5.98. The van der Waals surface area contributed by atoms with Crippen LogP contribution in [0.4, 0.5) is 11.4 Å². The number of hydrogen-bond acceptors (Lipinski definition) is 6. The second-order valence-electron chi connectivity index (χ2n) is 7.48. The van der Waals surface area contributed by atoms with Crippen molar-refractivity contribution in [2.24, 2.45) is 0 Å². The summed E-state index contributed by atoms with van der Waals surface area (Å²) >= 11 is 0. The Balaban J connectivity index is 1.57. The Labute approximate surface area is 184 Å². The first-order valence-electron chi connectivity index (χ1n) is 10.0. The van der Waals surface area contributed by atoms with Crippen LogP contribution in [0.3, 0.4) is 0 Å². The molecule has 2 aromatic carbocycles. The standard InChI is InChI=1S/C22H24N4O6/c1-14-3-4-15(11-19(14)26(30)31)22(29)25(17-7-8-17)13-21(28)23-12-20(27)24-16-5-9-18(32-2)10-6-16/h3-6,9-11,17H,7-8,12-13H2,1-2H3,(H,23,28)(H,24,27). The number of carbonyl (C=O) groups is 3. The molecule has 10 heteroatoms. The van der Waals surface area contributed by atoms with E-state index in [1.54, 1.807) is 38.3 Å². The fourth-order valence-corrected chi connectivity index (χ4v) is 3.13. The molecule has 3 rings (SSSR count). The lowest BCUT2D eigenvalue weighted by Gasteiger charge is -2.22. The molecule has 0 bridgehead atoms. The van der Waals surface area contributed by atoms with E-state index in [1.165, 1.54) is 23.1 Å². The first-order valence-corrected chi connectivity index (χ1v) is 10.0. The predicted molar refractivity (Wildman–Crippen MR) is 117 cm³/mol. The van der Waals surface area contributed by atoms with E-state index in [0.717, 1.165) is 12.8 Å². The fourth-order valence-electron chi connectivity index (χ4n) is 3.13. The Morgan fingerprint density at radius 1 is 1.12 bits per heavy atom. The number of methoxy groups -OCH3 is 1. The van der Waals surface area contributed by atoms with Crippen molar-refractivity contribution < 1.29 is 24.0 Å². The normalized spacial score (nSPS) is 12.6. The molecule has 2 N–H and O–H groups in total. The van der Waals surface area contributed by atoms with Crippen molar-refractivity contribution in [1.29, 1.82) is 0 Å². The molecular weight excluding hydrogens is 416 g/mol. The molecule has 0 unspecified atom stereocenters. The third-order valence-corrected chi connectivity index (χ3v) is 5.04. The first kappa shape index (κ1) is 22.7. The monoisotopic (exact) mass is 440 g/mol. The maximum atomic E-state index is 12.9. The Hall–Kier alpha value is -3.95. The van der Waals surface area contributed by atoms with Crippen LogP contribution >= 0.6 is 0 Å². The van der Waals surface area contributed by atoms with Crippen molar-refractivity contribution in [3.63, 3.8) is 0 Å². The van der Waals surface area contributed by atoms with Gasteiger partial charge in [-0.05, 0) is 50.1 Å². The molecule has 0 atom stereocenters. The van der Waals surface area contributed by atoms with Gasteiger partial charge < -0.3 is 20.3 Å². The molecular formula is C22H24N4O6. The molecule has 1 aliphatic carbocycles. The number of nitrogens with one attached hydrogen (secondary N) is 2. The van der Waals surface area contributed by atoms with Crippen LogP contribution in [-0.4, -0.2) is 53.8 Å². The van der Waals surface area contributed by atoms with Crippen LogP contribution in [0.5, 0.6) is 5.75 Å². The van der Waals surface area contributed by atoms with Crippen LogP contribution in [0.25, 0.3) is 0 Å². The van der Waals surface area contributed by atoms with E-state index in [2.05, 4.69) is 10.6 Å². The van der Waals surface area contributed by atoms with Crippen LogP contribution in [0.1, 0.15) is 28.8 Å². The van der Waals surface area contributed by atoms with Crippen molar-refractivity contribution in [2.75, 3.05) is 25.5 Å². The molecule has 0 saturated heterocycles. The maximum absolute atomic E-state index is 12.9. The second-order valence-corrected chi connectivity index (χ2v) is 7.48. The van der Waals surface area contributed by atoms with E-state index in [0.29, 0.717) is 17.0 Å². The van der Waals surface area contributed by atoms with Gasteiger partial charge in [-0.15, -0.1) is 0 Å². The zero-order valence-corrected chi connectivity index (χ0v) is 17.8. The van der Waals surface area contributed by atoms with Crippen molar-refractivity contribution in [2.45, 2.75) is 25.8 Å². The van der Waals surface area contributed by atoms with Gasteiger partial charge in [0.2, 0.25) is 11.8 Å². The van der Waals surface area contributed by atoms with Crippen LogP contribution in [-0.2, 0) is 9.59 Å². The summed E-state index contributed by atoms with van der Waals surface area (Å²) in [7, 11) is 1.54. The largest absolute Gasteiger partial charge is 0.497 e. The minimum absolute atomic E-state index is 0.0956. The SMILES string of the molecule is COc1ccc(NC(=O)CNC(=O)CN(C(=O)c2ccc(C)c([N+](=O)[O-])c2)C2CC2)cc1. The highest BCUT2D eigenvalue weighted by Gasteiger charge is 2.35. The van der Waals surface area contributed by atoms with Gasteiger partial charge in [0, 0.05) is 28.9 Å². The summed E-state index contributed by atoms with van der Waals surface area (Å²) < 4.78 is 5.05. The summed E-state index contributed by atoms with van der Waals surface area (Å²) in [6.45, 7) is 1.10. The van der Waals surface area contributed by atoms with Crippen molar-refractivity contribution in [3.8, 4) is 5.75 Å².